The average molecular weight is 214 g/mol. The molecule has 2 atom stereocenters. The Labute approximate surface area is 87.1 Å². The molecule has 2 rings (SSSR count). The van der Waals surface area contributed by atoms with E-state index in [1.165, 1.54) is 17.2 Å². The zero-order chi connectivity index (χ0) is 9.26. The number of nitrogens with one attached hydrogen (secondary N) is 1. The van der Waals surface area contributed by atoms with Crippen molar-refractivity contribution < 1.29 is 0 Å². The van der Waals surface area contributed by atoms with Gasteiger partial charge in [-0.3, -0.25) is 5.32 Å². The number of rotatable bonds is 2. The first-order valence-electron chi connectivity index (χ1n) is 4.59. The fraction of sp³-hybridized carbons (Fsp3) is 0.667. The molecule has 2 nitrogen and oxygen atoms in total. The summed E-state index contributed by atoms with van der Waals surface area (Å²) in [4.78, 5) is 4.50. The largest absolute Gasteiger partial charge is 0.296 e. The minimum Gasteiger partial charge on any atom is -0.296 e. The fourth-order valence-electron chi connectivity index (χ4n) is 1.39. The van der Waals surface area contributed by atoms with E-state index in [1.807, 2.05) is 11.8 Å². The summed E-state index contributed by atoms with van der Waals surface area (Å²) in [6.07, 6.45) is 1.22. The van der Waals surface area contributed by atoms with E-state index in [0.717, 1.165) is 5.69 Å². The maximum atomic E-state index is 4.50. The number of aromatic nitrogens is 1. The summed E-state index contributed by atoms with van der Waals surface area (Å²) in [5.41, 5.74) is 1.14. The monoisotopic (exact) mass is 214 g/mol. The predicted octanol–water partition coefficient (Wildman–Crippen LogP) is 2.57. The van der Waals surface area contributed by atoms with Gasteiger partial charge in [0.05, 0.1) is 0 Å². The second kappa shape index (κ2) is 3.98. The lowest BCUT2D eigenvalue weighted by Crippen LogP contribution is -2.24. The number of thiazole rings is 1. The third-order valence-corrected chi connectivity index (χ3v) is 4.67. The number of hydrogen-bond donors (Lipinski definition) is 1. The summed E-state index contributed by atoms with van der Waals surface area (Å²) in [5.74, 6) is 1.22. The van der Waals surface area contributed by atoms with E-state index in [-0.39, 0.29) is 0 Å². The Balaban J connectivity index is 2.03. The van der Waals surface area contributed by atoms with Gasteiger partial charge in [0, 0.05) is 22.9 Å². The fourth-order valence-corrected chi connectivity index (χ4v) is 3.74. The minimum atomic E-state index is 0.448. The van der Waals surface area contributed by atoms with E-state index in [1.54, 1.807) is 11.3 Å². The predicted molar refractivity (Wildman–Crippen MR) is 59.3 cm³/mol. The van der Waals surface area contributed by atoms with Crippen molar-refractivity contribution in [1.82, 2.24) is 10.3 Å². The first-order valence-corrected chi connectivity index (χ1v) is 6.52. The highest BCUT2D eigenvalue weighted by atomic mass is 32.2. The molecule has 2 heterocycles. The first kappa shape index (κ1) is 9.49. The van der Waals surface area contributed by atoms with E-state index in [0.29, 0.717) is 11.4 Å². The van der Waals surface area contributed by atoms with Crippen LogP contribution < -0.4 is 5.32 Å². The van der Waals surface area contributed by atoms with Crippen molar-refractivity contribution in [3.8, 4) is 0 Å². The van der Waals surface area contributed by atoms with Crippen molar-refractivity contribution in [2.24, 2.45) is 0 Å². The lowest BCUT2D eigenvalue weighted by Gasteiger charge is -2.08. The molecule has 0 radical (unpaired) electrons. The summed E-state index contributed by atoms with van der Waals surface area (Å²) in [5, 5.41) is 7.39. The van der Waals surface area contributed by atoms with Crippen LogP contribution in [0.1, 0.15) is 29.4 Å². The molecule has 4 heteroatoms. The number of nitrogens with zero attached hydrogens (tertiary/aromatic N) is 1. The third-order valence-electron chi connectivity index (χ3n) is 2.21. The smallest absolute Gasteiger partial charge is 0.120 e. The molecule has 1 fully saturated rings. The normalized spacial score (nSPS) is 28.2. The van der Waals surface area contributed by atoms with Crippen LogP contribution >= 0.6 is 23.1 Å². The third kappa shape index (κ3) is 2.06. The van der Waals surface area contributed by atoms with Crippen molar-refractivity contribution in [3.63, 3.8) is 0 Å². The molecule has 0 saturated carbocycles. The maximum Gasteiger partial charge on any atom is 0.120 e. The molecule has 1 aliphatic heterocycles. The van der Waals surface area contributed by atoms with Gasteiger partial charge in [-0.05, 0) is 13.3 Å². The zero-order valence-electron chi connectivity index (χ0n) is 7.91. The Kier molecular flexibility index (Phi) is 2.91. The van der Waals surface area contributed by atoms with Crippen LogP contribution in [0.25, 0.3) is 0 Å². The van der Waals surface area contributed by atoms with Crippen LogP contribution in [0, 0.1) is 6.92 Å². The van der Waals surface area contributed by atoms with Gasteiger partial charge in [0.15, 0.2) is 0 Å². The van der Waals surface area contributed by atoms with Crippen LogP contribution in [-0.2, 0) is 0 Å². The molecule has 72 valence electrons. The molecule has 1 saturated heterocycles. The van der Waals surface area contributed by atoms with E-state index in [4.69, 9.17) is 0 Å². The molecule has 13 heavy (non-hydrogen) atoms. The van der Waals surface area contributed by atoms with Gasteiger partial charge in [-0.15, -0.1) is 23.1 Å². The standard InChI is InChI=1S/C9H14N2S2/c1-3-7-5-13-9(11-7)8-10-6(2)4-12-8/h4,7,9,11H,3,5H2,1-2H3. The van der Waals surface area contributed by atoms with Gasteiger partial charge >= 0.3 is 0 Å². The van der Waals surface area contributed by atoms with E-state index in [9.17, 15) is 0 Å². The topological polar surface area (TPSA) is 24.9 Å². The molecule has 0 spiro atoms. The highest BCUT2D eigenvalue weighted by Gasteiger charge is 2.25. The van der Waals surface area contributed by atoms with Crippen LogP contribution in [0.5, 0.6) is 0 Å². The van der Waals surface area contributed by atoms with Gasteiger partial charge in [0.1, 0.15) is 10.4 Å². The van der Waals surface area contributed by atoms with Crippen LogP contribution in [0.2, 0.25) is 0 Å². The second-order valence-corrected chi connectivity index (χ2v) is 5.34. The summed E-state index contributed by atoms with van der Waals surface area (Å²) >= 11 is 3.74. The Hall–Kier alpha value is -0.0600. The molecule has 1 aromatic rings. The Bertz CT molecular complexity index is 285. The first-order chi connectivity index (χ1) is 6.29. The van der Waals surface area contributed by atoms with E-state index in [2.05, 4.69) is 29.5 Å². The second-order valence-electron chi connectivity index (χ2n) is 3.31. The molecular weight excluding hydrogens is 200 g/mol. The van der Waals surface area contributed by atoms with E-state index >= 15 is 0 Å². The zero-order valence-corrected chi connectivity index (χ0v) is 9.54. The van der Waals surface area contributed by atoms with Gasteiger partial charge in [0.25, 0.3) is 0 Å². The molecule has 0 aliphatic carbocycles. The van der Waals surface area contributed by atoms with Gasteiger partial charge in [-0.1, -0.05) is 6.92 Å². The molecule has 1 N–H and O–H groups in total. The molecule has 2 unspecified atom stereocenters. The number of thioether (sulfide) groups is 1. The Morgan fingerprint density at radius 3 is 3.08 bits per heavy atom. The molecule has 0 amide bonds. The molecule has 0 aromatic carbocycles. The van der Waals surface area contributed by atoms with Crippen LogP contribution in [0.3, 0.4) is 0 Å². The molecule has 1 aliphatic rings. The molecular formula is C9H14N2S2. The summed E-state index contributed by atoms with van der Waals surface area (Å²) < 4.78 is 0. The highest BCUT2D eigenvalue weighted by molar-refractivity contribution is 7.99. The van der Waals surface area contributed by atoms with Gasteiger partial charge in [-0.2, -0.15) is 0 Å². The van der Waals surface area contributed by atoms with Crippen LogP contribution in [0.15, 0.2) is 5.38 Å². The molecule has 1 aromatic heterocycles. The van der Waals surface area contributed by atoms with Crippen LogP contribution in [0.4, 0.5) is 0 Å². The number of hydrogen-bond acceptors (Lipinski definition) is 4. The average Bonchev–Trinajstić information content (AvgIpc) is 2.71. The maximum absolute atomic E-state index is 4.50. The van der Waals surface area contributed by atoms with Crippen molar-refractivity contribution >= 4 is 23.1 Å². The van der Waals surface area contributed by atoms with Crippen molar-refractivity contribution in [1.29, 1.82) is 0 Å². The lowest BCUT2D eigenvalue weighted by atomic mass is 10.3. The minimum absolute atomic E-state index is 0.448. The Morgan fingerprint density at radius 1 is 1.69 bits per heavy atom. The van der Waals surface area contributed by atoms with Gasteiger partial charge in [-0.25, -0.2) is 4.98 Å². The van der Waals surface area contributed by atoms with Crippen LogP contribution in [-0.4, -0.2) is 16.8 Å². The van der Waals surface area contributed by atoms with Gasteiger partial charge < -0.3 is 0 Å². The lowest BCUT2D eigenvalue weighted by molar-refractivity contribution is 0.560. The van der Waals surface area contributed by atoms with Crippen molar-refractivity contribution in [2.45, 2.75) is 31.7 Å². The van der Waals surface area contributed by atoms with E-state index < -0.39 is 0 Å². The summed E-state index contributed by atoms with van der Waals surface area (Å²) in [6.45, 7) is 4.28. The van der Waals surface area contributed by atoms with Gasteiger partial charge in [0.2, 0.25) is 0 Å². The summed E-state index contributed by atoms with van der Waals surface area (Å²) in [6, 6.07) is 0.680. The SMILES string of the molecule is CCC1CSC(c2nc(C)cs2)N1. The van der Waals surface area contributed by atoms with Crippen molar-refractivity contribution in [2.75, 3.05) is 5.75 Å². The number of aryl methyl sites for hydroxylation is 1. The quantitative estimate of drug-likeness (QED) is 0.819. The highest BCUT2D eigenvalue weighted by Crippen LogP contribution is 2.34. The molecule has 0 bridgehead atoms. The van der Waals surface area contributed by atoms with Crippen molar-refractivity contribution in [3.05, 3.63) is 16.1 Å². The Morgan fingerprint density at radius 2 is 2.54 bits per heavy atom. The summed E-state index contributed by atoms with van der Waals surface area (Å²) in [7, 11) is 0.